The van der Waals surface area contributed by atoms with Crippen LogP contribution < -0.4 is 10.9 Å². The Kier molecular flexibility index (Phi) is 6.08. The van der Waals surface area contributed by atoms with E-state index in [0.717, 1.165) is 11.3 Å². The first kappa shape index (κ1) is 20.3. The van der Waals surface area contributed by atoms with Crippen molar-refractivity contribution in [2.75, 3.05) is 18.5 Å². The molecule has 0 saturated carbocycles. The minimum Gasteiger partial charge on any atom is -0.462 e. The largest absolute Gasteiger partial charge is 0.462 e. The van der Waals surface area contributed by atoms with Crippen molar-refractivity contribution in [3.05, 3.63) is 62.8 Å². The highest BCUT2D eigenvalue weighted by Crippen LogP contribution is 2.30. The minimum absolute atomic E-state index is 0.0175. The molecule has 3 aromatic rings. The number of carbonyl (C=O) groups is 3. The van der Waals surface area contributed by atoms with Gasteiger partial charge in [-0.05, 0) is 26.0 Å². The van der Waals surface area contributed by atoms with E-state index in [1.165, 1.54) is 11.4 Å². The van der Waals surface area contributed by atoms with Crippen LogP contribution in [0.4, 0.5) is 5.00 Å². The molecular weight excluding hydrogens is 398 g/mol. The van der Waals surface area contributed by atoms with Gasteiger partial charge in [-0.3, -0.25) is 4.79 Å². The lowest BCUT2D eigenvalue weighted by Gasteiger charge is -2.08. The lowest BCUT2D eigenvalue weighted by atomic mass is 10.1. The van der Waals surface area contributed by atoms with E-state index in [0.29, 0.717) is 11.0 Å². The smallest absolute Gasteiger partial charge is 0.349 e. The highest BCUT2D eigenvalue weighted by molar-refractivity contribution is 7.15. The van der Waals surface area contributed by atoms with Crippen molar-refractivity contribution < 1.29 is 28.3 Å². The van der Waals surface area contributed by atoms with Crippen molar-refractivity contribution in [3.8, 4) is 0 Å². The number of fused-ring (bicyclic) bond motifs is 1. The molecule has 29 heavy (non-hydrogen) atoms. The van der Waals surface area contributed by atoms with Gasteiger partial charge in [0.1, 0.15) is 21.7 Å². The number of rotatable bonds is 6. The molecular formula is C20H17NO7S. The Hall–Kier alpha value is -3.46. The number of carbonyl (C=O) groups excluding carboxylic acids is 3. The summed E-state index contributed by atoms with van der Waals surface area (Å²) in [5.41, 5.74) is -0.836. The summed E-state index contributed by atoms with van der Waals surface area (Å²) in [5, 5.41) is 4.54. The summed E-state index contributed by atoms with van der Waals surface area (Å²) in [6.45, 7) is 3.46. The van der Waals surface area contributed by atoms with Crippen LogP contribution in [0, 0.1) is 0 Å². The number of nitrogens with one attached hydrogen (secondary N) is 1. The number of hydrogen-bond acceptors (Lipinski definition) is 8. The first-order chi connectivity index (χ1) is 14.0. The average molecular weight is 415 g/mol. The molecule has 1 N–H and O–H groups in total. The van der Waals surface area contributed by atoms with E-state index in [4.69, 9.17) is 13.9 Å². The number of amides is 1. The molecule has 0 aliphatic rings. The average Bonchev–Trinajstić information content (AvgIpc) is 3.11. The Morgan fingerprint density at radius 1 is 1.03 bits per heavy atom. The molecule has 0 spiro atoms. The van der Waals surface area contributed by atoms with E-state index in [-0.39, 0.29) is 34.9 Å². The SMILES string of the molecule is CCOC(=O)c1csc(NC(=O)c2cc3ccccc3oc2=O)c1C(=O)OCC. The van der Waals surface area contributed by atoms with Gasteiger partial charge in [0.25, 0.3) is 5.91 Å². The number of anilines is 1. The zero-order valence-corrected chi connectivity index (χ0v) is 16.5. The van der Waals surface area contributed by atoms with Gasteiger partial charge in [-0.1, -0.05) is 18.2 Å². The van der Waals surface area contributed by atoms with Crippen LogP contribution in [0.2, 0.25) is 0 Å². The molecule has 3 rings (SSSR count). The minimum atomic E-state index is -0.818. The number of esters is 2. The molecule has 0 radical (unpaired) electrons. The van der Waals surface area contributed by atoms with Crippen molar-refractivity contribution in [1.82, 2.24) is 0 Å². The molecule has 9 heteroatoms. The summed E-state index contributed by atoms with van der Waals surface area (Å²) >= 11 is 0.951. The fourth-order valence-electron chi connectivity index (χ4n) is 2.61. The van der Waals surface area contributed by atoms with Crippen LogP contribution in [-0.2, 0) is 9.47 Å². The molecule has 8 nitrogen and oxygen atoms in total. The number of benzene rings is 1. The van der Waals surface area contributed by atoms with Crippen LogP contribution in [0.3, 0.4) is 0 Å². The molecule has 0 unspecified atom stereocenters. The third kappa shape index (κ3) is 4.19. The summed E-state index contributed by atoms with van der Waals surface area (Å²) in [7, 11) is 0. The van der Waals surface area contributed by atoms with Crippen LogP contribution in [-0.4, -0.2) is 31.1 Å². The first-order valence-electron chi connectivity index (χ1n) is 8.76. The maximum absolute atomic E-state index is 12.7. The molecule has 0 atom stereocenters. The summed E-state index contributed by atoms with van der Waals surface area (Å²) in [6.07, 6.45) is 0. The van der Waals surface area contributed by atoms with Crippen LogP contribution in [0.25, 0.3) is 11.0 Å². The van der Waals surface area contributed by atoms with Gasteiger partial charge >= 0.3 is 17.6 Å². The Morgan fingerprint density at radius 3 is 2.45 bits per heavy atom. The van der Waals surface area contributed by atoms with E-state index in [9.17, 15) is 19.2 Å². The van der Waals surface area contributed by atoms with Crippen molar-refractivity contribution in [3.63, 3.8) is 0 Å². The van der Waals surface area contributed by atoms with Crippen LogP contribution >= 0.6 is 11.3 Å². The topological polar surface area (TPSA) is 112 Å². The lowest BCUT2D eigenvalue weighted by Crippen LogP contribution is -2.22. The number of para-hydroxylation sites is 1. The molecule has 150 valence electrons. The number of hydrogen-bond donors (Lipinski definition) is 1. The normalized spacial score (nSPS) is 10.6. The second-order valence-corrected chi connectivity index (χ2v) is 6.61. The third-order valence-corrected chi connectivity index (χ3v) is 4.77. The van der Waals surface area contributed by atoms with E-state index in [2.05, 4.69) is 5.32 Å². The van der Waals surface area contributed by atoms with Crippen molar-refractivity contribution in [2.45, 2.75) is 13.8 Å². The predicted octanol–water partition coefficient (Wildman–Crippen LogP) is 3.46. The monoisotopic (exact) mass is 415 g/mol. The van der Waals surface area contributed by atoms with Gasteiger partial charge in [-0.2, -0.15) is 0 Å². The van der Waals surface area contributed by atoms with Gasteiger partial charge < -0.3 is 19.2 Å². The fourth-order valence-corrected chi connectivity index (χ4v) is 3.52. The maximum Gasteiger partial charge on any atom is 0.349 e. The molecule has 0 fully saturated rings. The number of thiophene rings is 1. The number of ether oxygens (including phenoxy) is 2. The van der Waals surface area contributed by atoms with E-state index in [1.807, 2.05) is 0 Å². The maximum atomic E-state index is 12.7. The van der Waals surface area contributed by atoms with Crippen molar-refractivity contribution >= 4 is 45.2 Å². The molecule has 0 aliphatic carbocycles. The van der Waals surface area contributed by atoms with E-state index in [1.54, 1.807) is 38.1 Å². The molecule has 0 aliphatic heterocycles. The predicted molar refractivity (Wildman–Crippen MR) is 107 cm³/mol. The van der Waals surface area contributed by atoms with Crippen molar-refractivity contribution in [1.29, 1.82) is 0 Å². The molecule has 2 aromatic heterocycles. The van der Waals surface area contributed by atoms with Crippen LogP contribution in [0.1, 0.15) is 44.9 Å². The van der Waals surface area contributed by atoms with Crippen LogP contribution in [0.5, 0.6) is 0 Å². The Balaban J connectivity index is 1.98. The van der Waals surface area contributed by atoms with Gasteiger partial charge in [0.15, 0.2) is 0 Å². The van der Waals surface area contributed by atoms with Crippen LogP contribution in [0.15, 0.2) is 44.9 Å². The molecule has 1 aromatic carbocycles. The van der Waals surface area contributed by atoms with E-state index >= 15 is 0 Å². The molecule has 1 amide bonds. The van der Waals surface area contributed by atoms with Gasteiger partial charge in [0.05, 0.1) is 18.8 Å². The fraction of sp³-hybridized carbons (Fsp3) is 0.200. The standard InChI is InChI=1S/C20H17NO7S/c1-3-26-18(23)13-10-29-17(15(13)20(25)27-4-2)21-16(22)12-9-11-7-5-6-8-14(11)28-19(12)24/h5-10H,3-4H2,1-2H3,(H,21,22). The Morgan fingerprint density at radius 2 is 1.72 bits per heavy atom. The summed E-state index contributed by atoms with van der Waals surface area (Å²) < 4.78 is 15.1. The first-order valence-corrected chi connectivity index (χ1v) is 9.64. The van der Waals surface area contributed by atoms with Gasteiger partial charge in [0.2, 0.25) is 0 Å². The summed E-state index contributed by atoms with van der Waals surface area (Å²) in [5.74, 6) is -2.26. The summed E-state index contributed by atoms with van der Waals surface area (Å²) in [4.78, 5) is 49.4. The third-order valence-electron chi connectivity index (χ3n) is 3.88. The second kappa shape index (κ2) is 8.70. The van der Waals surface area contributed by atoms with E-state index < -0.39 is 23.5 Å². The molecule has 0 saturated heterocycles. The Labute approximate surface area is 169 Å². The molecule has 2 heterocycles. The highest BCUT2D eigenvalue weighted by Gasteiger charge is 2.27. The quantitative estimate of drug-likeness (QED) is 0.485. The second-order valence-electron chi connectivity index (χ2n) is 5.73. The zero-order chi connectivity index (χ0) is 21.0. The lowest BCUT2D eigenvalue weighted by molar-refractivity contribution is 0.0481. The van der Waals surface area contributed by atoms with Crippen molar-refractivity contribution in [2.24, 2.45) is 0 Å². The van der Waals surface area contributed by atoms with Gasteiger partial charge in [-0.15, -0.1) is 11.3 Å². The Bertz CT molecular complexity index is 1150. The molecule has 0 bridgehead atoms. The van der Waals surface area contributed by atoms with Gasteiger partial charge in [-0.25, -0.2) is 14.4 Å². The van der Waals surface area contributed by atoms with Gasteiger partial charge in [0, 0.05) is 10.8 Å². The zero-order valence-electron chi connectivity index (χ0n) is 15.6. The highest BCUT2D eigenvalue weighted by atomic mass is 32.1. The summed E-state index contributed by atoms with van der Waals surface area (Å²) in [6, 6.07) is 8.17.